The van der Waals surface area contributed by atoms with Crippen molar-refractivity contribution in [2.24, 2.45) is 0 Å². The standard InChI is InChI=1S/C21H24N4OS/c1-5-24(18-12-7-6-8-13-18)20(26)16(3)27-21-23-22-17(4)25(21)19-14-10-9-11-15(19)2/h6-14,16H,5H2,1-4H3. The highest BCUT2D eigenvalue weighted by Crippen LogP contribution is 2.28. The predicted octanol–water partition coefficient (Wildman–Crippen LogP) is 4.42. The molecule has 0 saturated carbocycles. The summed E-state index contributed by atoms with van der Waals surface area (Å²) in [6.45, 7) is 8.52. The van der Waals surface area contributed by atoms with E-state index >= 15 is 0 Å². The quantitative estimate of drug-likeness (QED) is 0.594. The first kappa shape index (κ1) is 19.2. The SMILES string of the molecule is CCN(C(=O)C(C)Sc1nnc(C)n1-c1ccccc1C)c1ccccc1. The summed E-state index contributed by atoms with van der Waals surface area (Å²) in [5, 5.41) is 9.00. The second-order valence-corrected chi connectivity index (χ2v) is 7.64. The van der Waals surface area contributed by atoms with Crippen LogP contribution < -0.4 is 4.90 Å². The van der Waals surface area contributed by atoms with E-state index in [0.29, 0.717) is 6.54 Å². The Morgan fingerprint density at radius 3 is 2.41 bits per heavy atom. The average molecular weight is 381 g/mol. The molecular formula is C21H24N4OS. The summed E-state index contributed by atoms with van der Waals surface area (Å²) >= 11 is 1.44. The van der Waals surface area contributed by atoms with Crippen molar-refractivity contribution in [2.75, 3.05) is 11.4 Å². The lowest BCUT2D eigenvalue weighted by Gasteiger charge is -2.24. The number of carbonyl (C=O) groups is 1. The Kier molecular flexibility index (Phi) is 5.96. The smallest absolute Gasteiger partial charge is 0.240 e. The first-order valence-corrected chi connectivity index (χ1v) is 9.92. The minimum atomic E-state index is -0.281. The fourth-order valence-corrected chi connectivity index (χ4v) is 3.98. The highest BCUT2D eigenvalue weighted by molar-refractivity contribution is 8.00. The van der Waals surface area contributed by atoms with Crippen molar-refractivity contribution in [3.05, 3.63) is 66.0 Å². The van der Waals surface area contributed by atoms with Crippen molar-refractivity contribution in [1.82, 2.24) is 14.8 Å². The summed E-state index contributed by atoms with van der Waals surface area (Å²) < 4.78 is 2.02. The second-order valence-electron chi connectivity index (χ2n) is 6.33. The summed E-state index contributed by atoms with van der Waals surface area (Å²) in [6, 6.07) is 17.9. The van der Waals surface area contributed by atoms with Gasteiger partial charge in [0.2, 0.25) is 5.91 Å². The van der Waals surface area contributed by atoms with Gasteiger partial charge >= 0.3 is 0 Å². The number of anilines is 1. The summed E-state index contributed by atoms with van der Waals surface area (Å²) in [7, 11) is 0. The molecular weight excluding hydrogens is 356 g/mol. The molecule has 1 heterocycles. The molecule has 5 nitrogen and oxygen atoms in total. The van der Waals surface area contributed by atoms with Crippen LogP contribution in [0.2, 0.25) is 0 Å². The van der Waals surface area contributed by atoms with Crippen molar-refractivity contribution in [2.45, 2.75) is 38.1 Å². The van der Waals surface area contributed by atoms with Gasteiger partial charge in [0.05, 0.1) is 10.9 Å². The predicted molar refractivity (Wildman–Crippen MR) is 111 cm³/mol. The highest BCUT2D eigenvalue weighted by atomic mass is 32.2. The number of nitrogens with zero attached hydrogens (tertiary/aromatic N) is 4. The lowest BCUT2D eigenvalue weighted by atomic mass is 10.2. The number of para-hydroxylation sites is 2. The minimum Gasteiger partial charge on any atom is -0.312 e. The zero-order valence-corrected chi connectivity index (χ0v) is 16.9. The summed E-state index contributed by atoms with van der Waals surface area (Å²) in [4.78, 5) is 14.9. The fourth-order valence-electron chi connectivity index (χ4n) is 3.01. The Labute approximate surface area is 164 Å². The van der Waals surface area contributed by atoms with Crippen LogP contribution in [0.4, 0.5) is 5.69 Å². The van der Waals surface area contributed by atoms with Gasteiger partial charge in [0.25, 0.3) is 0 Å². The van der Waals surface area contributed by atoms with E-state index in [1.807, 2.05) is 73.9 Å². The molecule has 1 atom stereocenters. The molecule has 0 N–H and O–H groups in total. The largest absolute Gasteiger partial charge is 0.312 e. The first-order valence-electron chi connectivity index (χ1n) is 9.04. The number of rotatable bonds is 6. The maximum Gasteiger partial charge on any atom is 0.240 e. The topological polar surface area (TPSA) is 51.0 Å². The van der Waals surface area contributed by atoms with Crippen LogP contribution in [-0.2, 0) is 4.79 Å². The number of benzene rings is 2. The van der Waals surface area contributed by atoms with Crippen LogP contribution in [0.1, 0.15) is 25.2 Å². The van der Waals surface area contributed by atoms with E-state index in [2.05, 4.69) is 23.2 Å². The maximum atomic E-state index is 13.0. The number of aromatic nitrogens is 3. The molecule has 0 aliphatic heterocycles. The van der Waals surface area contributed by atoms with Gasteiger partial charge in [0.1, 0.15) is 5.82 Å². The number of hydrogen-bond acceptors (Lipinski definition) is 4. The van der Waals surface area contributed by atoms with E-state index in [1.165, 1.54) is 11.8 Å². The van der Waals surface area contributed by atoms with Crippen molar-refractivity contribution in [3.8, 4) is 5.69 Å². The van der Waals surface area contributed by atoms with Crippen molar-refractivity contribution < 1.29 is 4.79 Å². The van der Waals surface area contributed by atoms with Crippen LogP contribution in [0.15, 0.2) is 59.8 Å². The Hall–Kier alpha value is -2.60. The molecule has 27 heavy (non-hydrogen) atoms. The highest BCUT2D eigenvalue weighted by Gasteiger charge is 2.24. The minimum absolute atomic E-state index is 0.0608. The van der Waals surface area contributed by atoms with E-state index in [1.54, 1.807) is 4.90 Å². The molecule has 0 radical (unpaired) electrons. The molecule has 1 unspecified atom stereocenters. The zero-order valence-electron chi connectivity index (χ0n) is 16.1. The Balaban J connectivity index is 1.86. The lowest BCUT2D eigenvalue weighted by Crippen LogP contribution is -2.36. The Morgan fingerprint density at radius 1 is 1.07 bits per heavy atom. The van der Waals surface area contributed by atoms with Crippen molar-refractivity contribution >= 4 is 23.4 Å². The summed E-state index contributed by atoms with van der Waals surface area (Å²) in [5.41, 5.74) is 3.09. The van der Waals surface area contributed by atoms with Gasteiger partial charge in [-0.05, 0) is 51.5 Å². The van der Waals surface area contributed by atoms with E-state index in [0.717, 1.165) is 27.9 Å². The van der Waals surface area contributed by atoms with Gasteiger partial charge in [-0.25, -0.2) is 0 Å². The van der Waals surface area contributed by atoms with Gasteiger partial charge in [0.15, 0.2) is 5.16 Å². The van der Waals surface area contributed by atoms with Gasteiger partial charge in [-0.1, -0.05) is 48.2 Å². The molecule has 6 heteroatoms. The van der Waals surface area contributed by atoms with Crippen LogP contribution in [0, 0.1) is 13.8 Å². The maximum absolute atomic E-state index is 13.0. The first-order chi connectivity index (χ1) is 13.0. The average Bonchev–Trinajstić information content (AvgIpc) is 3.03. The Morgan fingerprint density at radius 2 is 1.74 bits per heavy atom. The molecule has 0 aliphatic rings. The van der Waals surface area contributed by atoms with Crippen LogP contribution in [0.3, 0.4) is 0 Å². The number of amides is 1. The molecule has 1 aromatic heterocycles. The van der Waals surface area contributed by atoms with Gasteiger partial charge < -0.3 is 4.90 Å². The van der Waals surface area contributed by atoms with Crippen molar-refractivity contribution in [1.29, 1.82) is 0 Å². The van der Waals surface area contributed by atoms with E-state index < -0.39 is 0 Å². The molecule has 0 fully saturated rings. The molecule has 0 spiro atoms. The number of hydrogen-bond donors (Lipinski definition) is 0. The zero-order chi connectivity index (χ0) is 19.4. The molecule has 3 rings (SSSR count). The van der Waals surface area contributed by atoms with Gasteiger partial charge in [-0.2, -0.15) is 0 Å². The number of thioether (sulfide) groups is 1. The molecule has 0 saturated heterocycles. The normalized spacial score (nSPS) is 12.0. The molecule has 3 aromatic rings. The van der Waals surface area contributed by atoms with Crippen molar-refractivity contribution in [3.63, 3.8) is 0 Å². The summed E-state index contributed by atoms with van der Waals surface area (Å²) in [5.74, 6) is 0.868. The van der Waals surface area contributed by atoms with Crippen LogP contribution in [-0.4, -0.2) is 32.5 Å². The van der Waals surface area contributed by atoms with Gasteiger partial charge in [-0.15, -0.1) is 10.2 Å². The molecule has 2 aromatic carbocycles. The molecule has 140 valence electrons. The monoisotopic (exact) mass is 380 g/mol. The third-order valence-corrected chi connectivity index (χ3v) is 5.46. The van der Waals surface area contributed by atoms with E-state index in [-0.39, 0.29) is 11.2 Å². The van der Waals surface area contributed by atoms with Crippen LogP contribution in [0.25, 0.3) is 5.69 Å². The summed E-state index contributed by atoms with van der Waals surface area (Å²) in [6.07, 6.45) is 0. The Bertz CT molecular complexity index is 923. The molecule has 0 bridgehead atoms. The third-order valence-electron chi connectivity index (χ3n) is 4.43. The van der Waals surface area contributed by atoms with Gasteiger partial charge in [0, 0.05) is 12.2 Å². The van der Waals surface area contributed by atoms with Crippen LogP contribution >= 0.6 is 11.8 Å². The van der Waals surface area contributed by atoms with Crippen LogP contribution in [0.5, 0.6) is 0 Å². The molecule has 1 amide bonds. The number of carbonyl (C=O) groups excluding carboxylic acids is 1. The van der Waals surface area contributed by atoms with Gasteiger partial charge in [-0.3, -0.25) is 9.36 Å². The fraction of sp³-hybridized carbons (Fsp3) is 0.286. The molecule has 0 aliphatic carbocycles. The van der Waals surface area contributed by atoms with E-state index in [9.17, 15) is 4.79 Å². The third kappa shape index (κ3) is 4.06. The lowest BCUT2D eigenvalue weighted by molar-refractivity contribution is -0.117. The second kappa shape index (κ2) is 8.39. The van der Waals surface area contributed by atoms with E-state index in [4.69, 9.17) is 0 Å². The number of aryl methyl sites for hydroxylation is 2.